The summed E-state index contributed by atoms with van der Waals surface area (Å²) in [5.74, 6) is -0.588. The van der Waals surface area contributed by atoms with Crippen LogP contribution in [0.5, 0.6) is 0 Å². The topological polar surface area (TPSA) is 121 Å². The molecule has 1 rings (SSSR count). The lowest BCUT2D eigenvalue weighted by Gasteiger charge is -2.26. The van der Waals surface area contributed by atoms with Crippen LogP contribution in [0, 0.1) is 5.40 Å². The Kier molecular flexibility index (Phi) is 6.79. The van der Waals surface area contributed by atoms with Crippen molar-refractivity contribution < 1.29 is 25.7 Å². The summed E-state index contributed by atoms with van der Waals surface area (Å²) >= 11 is 0. The molecular formula is C19H29N3O5. The van der Waals surface area contributed by atoms with Crippen molar-refractivity contribution in [1.29, 1.82) is 5.40 Å². The molecule has 1 atom stereocenters. The van der Waals surface area contributed by atoms with Gasteiger partial charge in [-0.25, -0.2) is 9.59 Å². The third kappa shape index (κ3) is 8.54. The Morgan fingerprint density at radius 1 is 1.11 bits per heavy atom. The number of nitrogens with one attached hydrogen (secondary N) is 3. The van der Waals surface area contributed by atoms with E-state index in [1.807, 2.05) is 5.48 Å². The smallest absolute Gasteiger partial charge is 0.408 e. The summed E-state index contributed by atoms with van der Waals surface area (Å²) < 4.78 is 17.6. The minimum atomic E-state index is -0.944. The van der Waals surface area contributed by atoms with E-state index in [-0.39, 0.29) is 12.3 Å². The zero-order chi connectivity index (χ0) is 21.5. The van der Waals surface area contributed by atoms with Crippen LogP contribution in [0.3, 0.4) is 0 Å². The quantitative estimate of drug-likeness (QED) is 0.270. The lowest BCUT2D eigenvalue weighted by Crippen LogP contribution is -2.47. The van der Waals surface area contributed by atoms with Gasteiger partial charge in [0.1, 0.15) is 23.1 Å². The van der Waals surface area contributed by atoms with Crippen molar-refractivity contribution in [3.8, 4) is 0 Å². The molecule has 1 amide bonds. The second-order valence-electron chi connectivity index (χ2n) is 8.09. The molecule has 0 aliphatic heterocycles. The van der Waals surface area contributed by atoms with Gasteiger partial charge in [-0.1, -0.05) is 24.3 Å². The highest BCUT2D eigenvalue weighted by Gasteiger charge is 2.28. The van der Waals surface area contributed by atoms with Crippen LogP contribution in [0.25, 0.3) is 0 Å². The van der Waals surface area contributed by atoms with Gasteiger partial charge in [0.2, 0.25) is 0 Å². The van der Waals surface area contributed by atoms with Gasteiger partial charge in [-0.15, -0.1) is 0 Å². The lowest BCUT2D eigenvalue weighted by atomic mass is 10.0. The van der Waals surface area contributed by atoms with Crippen LogP contribution in [0.15, 0.2) is 24.3 Å². The largest absolute Gasteiger partial charge is 0.458 e. The average Bonchev–Trinajstić information content (AvgIpc) is 2.53. The molecule has 150 valence electrons. The number of benzene rings is 1. The molecule has 0 saturated heterocycles. The fourth-order valence-corrected chi connectivity index (χ4v) is 2.11. The van der Waals surface area contributed by atoms with E-state index >= 15 is 0 Å². The van der Waals surface area contributed by atoms with Crippen molar-refractivity contribution in [3.63, 3.8) is 0 Å². The summed E-state index contributed by atoms with van der Waals surface area (Å²) in [6.45, 7) is 10.4. The van der Waals surface area contributed by atoms with Crippen LogP contribution < -0.4 is 10.8 Å². The van der Waals surface area contributed by atoms with Crippen molar-refractivity contribution >= 4 is 17.9 Å². The number of hydrogen-bond donors (Lipinski definition) is 4. The molecule has 0 radical (unpaired) electrons. The standard InChI is InChI=1S/C19H29N3O5/c1-18(2,3)26-16(23)14(21-17(24)27-19(4,5)6)11-12-7-9-13(10-8-12)15(20)22-25/h7-10,14,25H,11H2,1-6H3,(H2,20,22)(H,21,24)/t14-/m0/s1. The fourth-order valence-electron chi connectivity index (χ4n) is 2.11. The predicted molar refractivity (Wildman–Crippen MR) is 101 cm³/mol. The highest BCUT2D eigenvalue weighted by Crippen LogP contribution is 2.14. The maximum absolute atomic E-state index is 12.6. The summed E-state index contributed by atoms with van der Waals surface area (Å²) in [5.41, 5.74) is 1.66. The molecule has 0 bridgehead atoms. The molecule has 27 heavy (non-hydrogen) atoms. The maximum atomic E-state index is 12.6. The van der Waals surface area contributed by atoms with E-state index in [0.717, 1.165) is 5.56 Å². The highest BCUT2D eigenvalue weighted by molar-refractivity contribution is 5.95. The Labute approximate surface area is 161 Å². The summed E-state index contributed by atoms with van der Waals surface area (Å²) in [6, 6.07) is 5.72. The van der Waals surface area contributed by atoms with E-state index < -0.39 is 29.3 Å². The van der Waals surface area contributed by atoms with Crippen molar-refractivity contribution in [2.75, 3.05) is 0 Å². The Balaban J connectivity index is 2.98. The zero-order valence-electron chi connectivity index (χ0n) is 17.6. The summed E-state index contributed by atoms with van der Waals surface area (Å²) in [4.78, 5) is 24.7. The summed E-state index contributed by atoms with van der Waals surface area (Å²) in [7, 11) is 0. The van der Waals surface area contributed by atoms with Gasteiger partial charge in [0.05, 0.1) is 0 Å². The molecule has 0 unspecified atom stereocenters. The van der Waals surface area contributed by atoms with Crippen LogP contribution in [-0.2, 0) is 20.7 Å². The van der Waals surface area contributed by atoms with E-state index in [1.165, 1.54) is 0 Å². The van der Waals surface area contributed by atoms with E-state index in [1.54, 1.807) is 65.8 Å². The van der Waals surface area contributed by atoms with Crippen molar-refractivity contribution in [2.45, 2.75) is 65.2 Å². The van der Waals surface area contributed by atoms with Gasteiger partial charge in [-0.05, 0) is 47.1 Å². The average molecular weight is 379 g/mol. The zero-order valence-corrected chi connectivity index (χ0v) is 16.6. The molecule has 0 aliphatic rings. The Morgan fingerprint density at radius 3 is 2.11 bits per heavy atom. The third-order valence-electron chi connectivity index (χ3n) is 3.16. The predicted octanol–water partition coefficient (Wildman–Crippen LogP) is 2.77. The van der Waals surface area contributed by atoms with Crippen LogP contribution in [-0.4, -0.2) is 40.3 Å². The van der Waals surface area contributed by atoms with Crippen molar-refractivity contribution in [1.82, 2.24) is 10.8 Å². The highest BCUT2D eigenvalue weighted by atomic mass is 16.6. The van der Waals surface area contributed by atoms with Gasteiger partial charge in [0.15, 0.2) is 1.41 Å². The Hall–Kier alpha value is -2.61. The van der Waals surface area contributed by atoms with Gasteiger partial charge in [-0.2, -0.15) is 0 Å². The molecule has 8 nitrogen and oxygen atoms in total. The maximum Gasteiger partial charge on any atom is 0.408 e. The number of amidine groups is 1. The molecule has 1 aromatic rings. The van der Waals surface area contributed by atoms with Crippen LogP contribution >= 0.6 is 0 Å². The molecule has 1 aromatic carbocycles. The van der Waals surface area contributed by atoms with Crippen LogP contribution in [0.4, 0.5) is 4.79 Å². The normalized spacial score (nSPS) is 14.0. The summed E-state index contributed by atoms with van der Waals surface area (Å²) in [5, 5.41) is 14.7. The summed E-state index contributed by atoms with van der Waals surface area (Å²) in [6.07, 6.45) is -0.540. The van der Waals surface area contributed by atoms with Crippen molar-refractivity contribution in [2.24, 2.45) is 0 Å². The molecule has 0 spiro atoms. The van der Waals surface area contributed by atoms with E-state index in [9.17, 15) is 9.59 Å². The van der Waals surface area contributed by atoms with Gasteiger partial charge in [0, 0.05) is 12.0 Å². The number of carbonyl (C=O) groups excluding carboxylic acids is 2. The number of rotatable bonds is 5. The van der Waals surface area contributed by atoms with Gasteiger partial charge >= 0.3 is 12.1 Å². The first-order valence-corrected chi connectivity index (χ1v) is 8.58. The lowest BCUT2D eigenvalue weighted by molar-refractivity contribution is -0.157. The molecule has 0 aliphatic carbocycles. The number of alkyl carbamates (subject to hydrolysis) is 1. The van der Waals surface area contributed by atoms with Crippen LogP contribution in [0.2, 0.25) is 1.41 Å². The molecule has 0 heterocycles. The van der Waals surface area contributed by atoms with Gasteiger partial charge < -0.3 is 14.8 Å². The minimum Gasteiger partial charge on any atom is -0.458 e. The number of ether oxygens (including phenoxy) is 2. The fraction of sp³-hybridized carbons (Fsp3) is 0.526. The SMILES string of the molecule is [H]/N=C(/NO)c1ccc(C[C@H](NC(=O)OC(C)(C)C)C(=O)OC(C)(C)C)cc1. The molecule has 0 fully saturated rings. The minimum absolute atomic E-state index is 0.0119. The first kappa shape index (κ1) is 20.7. The molecule has 0 aromatic heterocycles. The number of amides is 1. The number of carbonyl (C=O) groups is 2. The second-order valence-corrected chi connectivity index (χ2v) is 8.09. The van der Waals surface area contributed by atoms with Gasteiger partial charge in [-0.3, -0.25) is 16.1 Å². The first-order valence-electron chi connectivity index (χ1n) is 9.03. The van der Waals surface area contributed by atoms with Crippen LogP contribution in [0.1, 0.15) is 52.7 Å². The molecule has 4 N–H and O–H groups in total. The van der Waals surface area contributed by atoms with E-state index in [0.29, 0.717) is 5.56 Å². The molecule has 0 saturated carbocycles. The number of hydrogen-bond acceptors (Lipinski definition) is 6. The first-order chi connectivity index (χ1) is 12.8. The van der Waals surface area contributed by atoms with Crippen molar-refractivity contribution in [3.05, 3.63) is 35.4 Å². The molecule has 8 heteroatoms. The Morgan fingerprint density at radius 2 is 1.67 bits per heavy atom. The third-order valence-corrected chi connectivity index (χ3v) is 3.16. The monoisotopic (exact) mass is 379 g/mol. The number of hydroxylamine groups is 1. The Bertz CT molecular complexity index is 706. The number of esters is 1. The molecular weight excluding hydrogens is 350 g/mol. The van der Waals surface area contributed by atoms with E-state index in [4.69, 9.17) is 16.1 Å². The second kappa shape index (κ2) is 8.85. The van der Waals surface area contributed by atoms with E-state index in [2.05, 4.69) is 10.7 Å². The van der Waals surface area contributed by atoms with Gasteiger partial charge in [0.25, 0.3) is 0 Å².